The zero-order valence-corrected chi connectivity index (χ0v) is 31.6. The van der Waals surface area contributed by atoms with Crippen molar-refractivity contribution in [3.05, 3.63) is 218 Å². The first-order valence-electron chi connectivity index (χ1n) is 19.7. The molecule has 0 aliphatic rings. The molecule has 0 saturated heterocycles. The summed E-state index contributed by atoms with van der Waals surface area (Å²) < 4.78 is 2.38. The van der Waals surface area contributed by atoms with Gasteiger partial charge < -0.3 is 9.47 Å². The maximum absolute atomic E-state index is 5.15. The van der Waals surface area contributed by atoms with Crippen LogP contribution in [0.4, 0.5) is 17.1 Å². The third-order valence-electron chi connectivity index (χ3n) is 11.2. The minimum atomic E-state index is 0.715. The van der Waals surface area contributed by atoms with Gasteiger partial charge in [0.05, 0.1) is 27.9 Å². The lowest BCUT2D eigenvalue weighted by Gasteiger charge is -2.27. The number of rotatable bonds is 7. The van der Waals surface area contributed by atoms with E-state index in [1.807, 2.05) is 18.2 Å². The summed E-state index contributed by atoms with van der Waals surface area (Å²) in [4.78, 5) is 12.5. The monoisotopic (exact) mass is 740 g/mol. The number of hydrogen-bond donors (Lipinski definition) is 0. The Morgan fingerprint density at radius 1 is 0.362 bits per heavy atom. The van der Waals surface area contributed by atoms with Crippen LogP contribution in [0.15, 0.2) is 218 Å². The second kappa shape index (κ2) is 14.0. The van der Waals surface area contributed by atoms with Crippen molar-refractivity contribution < 1.29 is 0 Å². The second-order valence-corrected chi connectivity index (χ2v) is 14.6. The van der Waals surface area contributed by atoms with E-state index < -0.39 is 0 Å². The fourth-order valence-electron chi connectivity index (χ4n) is 8.45. The normalized spacial score (nSPS) is 11.4. The molecule has 11 rings (SSSR count). The van der Waals surface area contributed by atoms with Crippen LogP contribution in [-0.2, 0) is 0 Å². The molecule has 2 aromatic heterocycles. The molecule has 0 aliphatic carbocycles. The number of benzene rings is 9. The van der Waals surface area contributed by atoms with E-state index in [1.54, 1.807) is 0 Å². The fourth-order valence-corrected chi connectivity index (χ4v) is 8.45. The summed E-state index contributed by atoms with van der Waals surface area (Å²) in [6.45, 7) is 0. The first kappa shape index (κ1) is 33.5. The summed E-state index contributed by atoms with van der Waals surface area (Å²) in [5.74, 6) is 0.715. The van der Waals surface area contributed by atoms with Crippen LogP contribution in [-0.4, -0.2) is 14.5 Å². The quantitative estimate of drug-likeness (QED) is 0.163. The Hall–Kier alpha value is -7.82. The molecule has 0 saturated carbocycles. The van der Waals surface area contributed by atoms with Gasteiger partial charge in [-0.2, -0.15) is 0 Å². The van der Waals surface area contributed by atoms with E-state index in [1.165, 1.54) is 27.1 Å². The summed E-state index contributed by atoms with van der Waals surface area (Å²) in [5.41, 5.74) is 13.0. The summed E-state index contributed by atoms with van der Waals surface area (Å²) in [6, 6.07) is 77.5. The highest BCUT2D eigenvalue weighted by Gasteiger charge is 2.18. The Kier molecular flexibility index (Phi) is 8.11. The molecular formula is C54H36N4. The van der Waals surface area contributed by atoms with Crippen molar-refractivity contribution in [2.75, 3.05) is 4.90 Å². The van der Waals surface area contributed by atoms with E-state index in [4.69, 9.17) is 9.97 Å². The minimum absolute atomic E-state index is 0.715. The highest BCUT2D eigenvalue weighted by molar-refractivity contribution is 6.10. The van der Waals surface area contributed by atoms with Gasteiger partial charge in [-0.15, -0.1) is 0 Å². The molecule has 58 heavy (non-hydrogen) atoms. The van der Waals surface area contributed by atoms with Gasteiger partial charge in [-0.05, 0) is 89.3 Å². The predicted octanol–water partition coefficient (Wildman–Crippen LogP) is 14.4. The zero-order valence-electron chi connectivity index (χ0n) is 31.6. The van der Waals surface area contributed by atoms with Gasteiger partial charge in [-0.25, -0.2) is 9.97 Å². The number of para-hydroxylation sites is 3. The molecule has 0 N–H and O–H groups in total. The van der Waals surface area contributed by atoms with Gasteiger partial charge >= 0.3 is 0 Å². The van der Waals surface area contributed by atoms with Gasteiger partial charge in [0.1, 0.15) is 0 Å². The SMILES string of the molecule is c1ccc(-c2nc(-c3cccc(-c4ccc5c(c4)c4ccccc4n5-c4ccc(N(c5ccccc5)c5cccc6ccccc56)cc4)c3)nc3ccccc23)cc1. The van der Waals surface area contributed by atoms with Crippen LogP contribution in [0.3, 0.4) is 0 Å². The molecule has 272 valence electrons. The lowest BCUT2D eigenvalue weighted by atomic mass is 10.00. The molecule has 0 fully saturated rings. The number of nitrogens with zero attached hydrogens (tertiary/aromatic N) is 4. The molecular weight excluding hydrogens is 705 g/mol. The van der Waals surface area contributed by atoms with E-state index in [9.17, 15) is 0 Å². The summed E-state index contributed by atoms with van der Waals surface area (Å²) >= 11 is 0. The molecule has 2 heterocycles. The summed E-state index contributed by atoms with van der Waals surface area (Å²) in [5, 5.41) is 5.89. The number of anilines is 3. The van der Waals surface area contributed by atoms with Crippen molar-refractivity contribution in [1.29, 1.82) is 0 Å². The Bertz CT molecular complexity index is 3270. The Labute approximate surface area is 336 Å². The van der Waals surface area contributed by atoms with Gasteiger partial charge in [0.15, 0.2) is 5.82 Å². The van der Waals surface area contributed by atoms with E-state index in [0.29, 0.717) is 5.82 Å². The van der Waals surface area contributed by atoms with Crippen LogP contribution in [0.25, 0.3) is 82.9 Å². The average Bonchev–Trinajstić information content (AvgIpc) is 3.63. The predicted molar refractivity (Wildman–Crippen MR) is 242 cm³/mol. The molecule has 0 radical (unpaired) electrons. The third kappa shape index (κ3) is 5.78. The molecule has 0 amide bonds. The van der Waals surface area contributed by atoms with E-state index in [2.05, 4.69) is 210 Å². The van der Waals surface area contributed by atoms with Crippen LogP contribution in [0.5, 0.6) is 0 Å². The van der Waals surface area contributed by atoms with E-state index in [-0.39, 0.29) is 0 Å². The number of hydrogen-bond acceptors (Lipinski definition) is 3. The first-order valence-corrected chi connectivity index (χ1v) is 19.7. The molecule has 0 spiro atoms. The standard InChI is InChI=1S/C54H36N4/c1-3-16-38(17-4-1)53-47-25-9-11-26-49(47)55-54(56-53)41-20-13-19-39(35-41)40-29-34-52-48(36-40)46-24-10-12-27-51(46)58(52)44-32-30-43(31-33-44)57(42-21-5-2-6-22-42)50-28-14-18-37-15-7-8-23-45(37)50/h1-36H. The highest BCUT2D eigenvalue weighted by Crippen LogP contribution is 2.41. The molecule has 4 nitrogen and oxygen atoms in total. The lowest BCUT2D eigenvalue weighted by molar-refractivity contribution is 1.17. The molecule has 9 aromatic carbocycles. The van der Waals surface area contributed by atoms with Crippen LogP contribution in [0.1, 0.15) is 0 Å². The van der Waals surface area contributed by atoms with Crippen molar-refractivity contribution >= 4 is 60.5 Å². The zero-order chi connectivity index (χ0) is 38.4. The molecule has 0 atom stereocenters. The van der Waals surface area contributed by atoms with E-state index >= 15 is 0 Å². The Morgan fingerprint density at radius 2 is 0.966 bits per heavy atom. The number of aromatic nitrogens is 3. The van der Waals surface area contributed by atoms with Crippen LogP contribution in [0.2, 0.25) is 0 Å². The average molecular weight is 741 g/mol. The van der Waals surface area contributed by atoms with Gasteiger partial charge in [-0.1, -0.05) is 146 Å². The van der Waals surface area contributed by atoms with Crippen molar-refractivity contribution in [3.63, 3.8) is 0 Å². The lowest BCUT2D eigenvalue weighted by Crippen LogP contribution is -2.10. The fraction of sp³-hybridized carbons (Fsp3) is 0. The molecule has 0 bridgehead atoms. The van der Waals surface area contributed by atoms with Crippen molar-refractivity contribution in [1.82, 2.24) is 14.5 Å². The van der Waals surface area contributed by atoms with Crippen molar-refractivity contribution in [3.8, 4) is 39.5 Å². The topological polar surface area (TPSA) is 34.0 Å². The minimum Gasteiger partial charge on any atom is -0.310 e. The van der Waals surface area contributed by atoms with Crippen LogP contribution in [0, 0.1) is 0 Å². The Morgan fingerprint density at radius 3 is 1.81 bits per heavy atom. The van der Waals surface area contributed by atoms with Crippen LogP contribution < -0.4 is 4.90 Å². The maximum Gasteiger partial charge on any atom is 0.160 e. The third-order valence-corrected chi connectivity index (χ3v) is 11.2. The highest BCUT2D eigenvalue weighted by atomic mass is 15.1. The van der Waals surface area contributed by atoms with Gasteiger partial charge in [-0.3, -0.25) is 0 Å². The van der Waals surface area contributed by atoms with Gasteiger partial charge in [0.2, 0.25) is 0 Å². The molecule has 0 unspecified atom stereocenters. The molecule has 11 aromatic rings. The maximum atomic E-state index is 5.15. The van der Waals surface area contributed by atoms with Gasteiger partial charge in [0.25, 0.3) is 0 Å². The van der Waals surface area contributed by atoms with Crippen LogP contribution >= 0.6 is 0 Å². The second-order valence-electron chi connectivity index (χ2n) is 14.6. The summed E-state index contributed by atoms with van der Waals surface area (Å²) in [7, 11) is 0. The molecule has 0 aliphatic heterocycles. The largest absolute Gasteiger partial charge is 0.310 e. The number of fused-ring (bicyclic) bond motifs is 5. The van der Waals surface area contributed by atoms with Crippen molar-refractivity contribution in [2.45, 2.75) is 0 Å². The summed E-state index contributed by atoms with van der Waals surface area (Å²) in [6.07, 6.45) is 0. The van der Waals surface area contributed by atoms with Gasteiger partial charge in [0, 0.05) is 49.7 Å². The van der Waals surface area contributed by atoms with Crippen molar-refractivity contribution in [2.24, 2.45) is 0 Å². The molecule has 4 heteroatoms. The first-order chi connectivity index (χ1) is 28.8. The smallest absolute Gasteiger partial charge is 0.160 e. The Balaban J connectivity index is 0.995. The van der Waals surface area contributed by atoms with E-state index in [0.717, 1.165) is 67.1 Å².